The number of carbonyl (C=O) groups excluding carboxylic acids is 2. The van der Waals surface area contributed by atoms with E-state index in [1.54, 1.807) is 19.2 Å². The Kier molecular flexibility index (Phi) is 14.7. The zero-order valence-electron chi connectivity index (χ0n) is 29.7. The van der Waals surface area contributed by atoms with Gasteiger partial charge in [0.1, 0.15) is 5.75 Å². The fourth-order valence-electron chi connectivity index (χ4n) is 5.78. The molecule has 1 saturated heterocycles. The molecular weight excluding hydrogens is 726 g/mol. The van der Waals surface area contributed by atoms with Gasteiger partial charge >= 0.3 is 12.1 Å². The van der Waals surface area contributed by atoms with Crippen LogP contribution in [0.4, 0.5) is 13.2 Å². The number of nitrogens with zero attached hydrogens (tertiary/aromatic N) is 2. The quantitative estimate of drug-likeness (QED) is 0.156. The van der Waals surface area contributed by atoms with E-state index in [2.05, 4.69) is 16.3 Å². The van der Waals surface area contributed by atoms with Gasteiger partial charge in [-0.1, -0.05) is 54.6 Å². The molecule has 0 aliphatic carbocycles. The van der Waals surface area contributed by atoms with Crippen molar-refractivity contribution in [1.29, 1.82) is 0 Å². The number of hydrogen-bond donors (Lipinski definition) is 3. The molecule has 0 saturated carbocycles. The van der Waals surface area contributed by atoms with Crippen LogP contribution in [0.5, 0.6) is 5.75 Å². The summed E-state index contributed by atoms with van der Waals surface area (Å²) in [4.78, 5) is 39.7. The van der Waals surface area contributed by atoms with E-state index in [0.717, 1.165) is 53.2 Å². The Bertz CT molecular complexity index is 1980. The van der Waals surface area contributed by atoms with Gasteiger partial charge in [-0.05, 0) is 103 Å². The van der Waals surface area contributed by atoms with Crippen molar-refractivity contribution in [2.45, 2.75) is 43.3 Å². The summed E-state index contributed by atoms with van der Waals surface area (Å²) < 4.78 is 60.4. The number of rotatable bonds is 14. The zero-order chi connectivity index (χ0) is 39.3. The molecule has 15 heteroatoms. The minimum absolute atomic E-state index is 0.0330. The zero-order valence-corrected chi connectivity index (χ0v) is 30.5. The van der Waals surface area contributed by atoms with E-state index >= 15 is 0 Å². The molecule has 0 radical (unpaired) electrons. The van der Waals surface area contributed by atoms with Crippen LogP contribution in [0, 0.1) is 0 Å². The number of aliphatic carboxylic acids is 1. The maximum absolute atomic E-state index is 13.7. The number of nitrogens with one attached hydrogen (secondary N) is 1. The number of alkyl halides is 3. The third-order valence-electron chi connectivity index (χ3n) is 8.70. The lowest BCUT2D eigenvalue weighted by Gasteiger charge is -2.24. The molecule has 0 spiro atoms. The maximum atomic E-state index is 13.7. The summed E-state index contributed by atoms with van der Waals surface area (Å²) in [5.74, 6) is -2.15. The Hall–Kier alpha value is -5.25. The standard InChI is InChI=1S/C37H42N4O5S.C2HF3O2/c1-46-34-14-10-29(11-15-34)25-36(42)41(22-18-28-12-16-35(17-13-28)47(38,44)45)27-30-6-4-7-31(24-30)32-8-5-9-33(26-32)37(43)39-19-23-40-20-2-3-21-40;3-2(4,5)1(6)7/h4-17,24,26H,2-3,18-23,25,27H2,1H3,(H,39,43)(H2,38,44,45);(H,6,7). The smallest absolute Gasteiger partial charge is 0.490 e. The van der Waals surface area contributed by atoms with Crippen LogP contribution >= 0.6 is 0 Å². The monoisotopic (exact) mass is 768 g/mol. The first kappa shape index (κ1) is 41.5. The van der Waals surface area contributed by atoms with Crippen molar-refractivity contribution >= 4 is 27.8 Å². The summed E-state index contributed by atoms with van der Waals surface area (Å²) >= 11 is 0. The van der Waals surface area contributed by atoms with Gasteiger partial charge in [0.05, 0.1) is 18.4 Å². The number of primary sulfonamides is 1. The Balaban J connectivity index is 0.000000845. The van der Waals surface area contributed by atoms with Crippen LogP contribution in [0.1, 0.15) is 39.9 Å². The molecule has 2 amide bonds. The van der Waals surface area contributed by atoms with Crippen molar-refractivity contribution in [1.82, 2.24) is 15.1 Å². The predicted molar refractivity (Wildman–Crippen MR) is 197 cm³/mol. The average Bonchev–Trinajstić information content (AvgIpc) is 3.67. The Morgan fingerprint density at radius 3 is 2.06 bits per heavy atom. The summed E-state index contributed by atoms with van der Waals surface area (Å²) in [5.41, 5.74) is 5.21. The van der Waals surface area contributed by atoms with Gasteiger partial charge in [0.15, 0.2) is 0 Å². The second-order valence-electron chi connectivity index (χ2n) is 12.7. The topological polar surface area (TPSA) is 159 Å². The molecule has 4 aromatic rings. The van der Waals surface area contributed by atoms with Crippen LogP contribution in [0.2, 0.25) is 0 Å². The fraction of sp³-hybridized carbons (Fsp3) is 0.308. The van der Waals surface area contributed by atoms with Gasteiger partial charge in [-0.2, -0.15) is 13.2 Å². The number of halogens is 3. The highest BCUT2D eigenvalue weighted by Crippen LogP contribution is 2.23. The number of sulfonamides is 1. The summed E-state index contributed by atoms with van der Waals surface area (Å²) in [6.45, 7) is 4.49. The average molecular weight is 769 g/mol. The number of nitrogens with two attached hydrogens (primary N) is 1. The second kappa shape index (κ2) is 19.2. The van der Waals surface area contributed by atoms with E-state index < -0.39 is 22.2 Å². The molecular formula is C39H43F3N4O7S. The summed E-state index contributed by atoms with van der Waals surface area (Å²) in [6, 6.07) is 29.5. The molecule has 0 bridgehead atoms. The number of ether oxygens (including phenoxy) is 1. The first-order chi connectivity index (χ1) is 25.6. The minimum Gasteiger partial charge on any atom is -0.497 e. The molecule has 4 N–H and O–H groups in total. The van der Waals surface area contributed by atoms with Crippen molar-refractivity contribution in [3.05, 3.63) is 119 Å². The van der Waals surface area contributed by atoms with Gasteiger partial charge in [0, 0.05) is 31.7 Å². The summed E-state index contributed by atoms with van der Waals surface area (Å²) in [6.07, 6.45) is -1.88. The number of likely N-dealkylation sites (tertiary alicyclic amines) is 1. The number of amides is 2. The van der Waals surface area contributed by atoms with Crippen LogP contribution in [-0.2, 0) is 39.0 Å². The molecule has 1 fully saturated rings. The van der Waals surface area contributed by atoms with Gasteiger partial charge in [-0.3, -0.25) is 9.59 Å². The van der Waals surface area contributed by atoms with E-state index in [4.69, 9.17) is 19.8 Å². The van der Waals surface area contributed by atoms with Crippen LogP contribution in [-0.4, -0.2) is 87.1 Å². The van der Waals surface area contributed by atoms with E-state index in [0.29, 0.717) is 31.6 Å². The van der Waals surface area contributed by atoms with Gasteiger partial charge < -0.3 is 25.0 Å². The first-order valence-corrected chi connectivity index (χ1v) is 18.7. The van der Waals surface area contributed by atoms with E-state index in [1.807, 2.05) is 71.6 Å². The van der Waals surface area contributed by atoms with Crippen molar-refractivity contribution < 1.29 is 45.8 Å². The highest BCUT2D eigenvalue weighted by molar-refractivity contribution is 7.89. The largest absolute Gasteiger partial charge is 0.497 e. The van der Waals surface area contributed by atoms with Crippen molar-refractivity contribution in [3.8, 4) is 16.9 Å². The Morgan fingerprint density at radius 1 is 0.870 bits per heavy atom. The number of carbonyl (C=O) groups is 3. The minimum atomic E-state index is -5.08. The van der Waals surface area contributed by atoms with Gasteiger partial charge in [-0.15, -0.1) is 0 Å². The number of hydrogen-bond acceptors (Lipinski definition) is 7. The maximum Gasteiger partial charge on any atom is 0.490 e. The molecule has 1 heterocycles. The first-order valence-electron chi connectivity index (χ1n) is 17.1. The highest BCUT2D eigenvalue weighted by atomic mass is 32.2. The molecule has 1 aliphatic rings. The van der Waals surface area contributed by atoms with Gasteiger partial charge in [0.2, 0.25) is 15.9 Å². The number of methoxy groups -OCH3 is 1. The Labute approximate surface area is 312 Å². The van der Waals surface area contributed by atoms with Crippen LogP contribution < -0.4 is 15.2 Å². The third-order valence-corrected chi connectivity index (χ3v) is 9.63. The lowest BCUT2D eigenvalue weighted by atomic mass is 10.0. The van der Waals surface area contributed by atoms with E-state index in [9.17, 15) is 31.2 Å². The van der Waals surface area contributed by atoms with Crippen molar-refractivity contribution in [2.24, 2.45) is 5.14 Å². The molecule has 288 valence electrons. The molecule has 11 nitrogen and oxygen atoms in total. The fourth-order valence-corrected chi connectivity index (χ4v) is 6.29. The molecule has 1 aliphatic heterocycles. The summed E-state index contributed by atoms with van der Waals surface area (Å²) in [7, 11) is -2.18. The van der Waals surface area contributed by atoms with Crippen LogP contribution in [0.3, 0.4) is 0 Å². The third kappa shape index (κ3) is 13.0. The number of carboxylic acid groups (broad SMARTS) is 1. The molecule has 0 atom stereocenters. The molecule has 0 unspecified atom stereocenters. The number of benzene rings is 4. The van der Waals surface area contributed by atoms with E-state index in [-0.39, 0.29) is 23.1 Å². The summed E-state index contributed by atoms with van der Waals surface area (Å²) in [5, 5.41) is 15.4. The number of carboxylic acids is 1. The second-order valence-corrected chi connectivity index (χ2v) is 14.2. The lowest BCUT2D eigenvalue weighted by Crippen LogP contribution is -2.33. The lowest BCUT2D eigenvalue weighted by molar-refractivity contribution is -0.192. The molecule has 54 heavy (non-hydrogen) atoms. The predicted octanol–water partition coefficient (Wildman–Crippen LogP) is 5.28. The Morgan fingerprint density at radius 2 is 1.46 bits per heavy atom. The van der Waals surface area contributed by atoms with Crippen molar-refractivity contribution in [2.75, 3.05) is 39.8 Å². The van der Waals surface area contributed by atoms with Gasteiger partial charge in [-0.25, -0.2) is 18.4 Å². The van der Waals surface area contributed by atoms with Crippen LogP contribution in [0.15, 0.2) is 102 Å². The van der Waals surface area contributed by atoms with Crippen LogP contribution in [0.25, 0.3) is 11.1 Å². The molecule has 5 rings (SSSR count). The normalized spacial score (nSPS) is 13.1. The van der Waals surface area contributed by atoms with Gasteiger partial charge in [0.25, 0.3) is 5.91 Å². The molecule has 4 aromatic carbocycles. The SMILES string of the molecule is COc1ccc(CC(=O)N(CCc2ccc(S(N)(=O)=O)cc2)Cc2cccc(-c3cccc(C(=O)NCCN4CCCC4)c3)c2)cc1.O=C(O)C(F)(F)F. The highest BCUT2D eigenvalue weighted by Gasteiger charge is 2.38. The van der Waals surface area contributed by atoms with E-state index in [1.165, 1.54) is 25.0 Å². The molecule has 0 aromatic heterocycles. The van der Waals surface area contributed by atoms with Crippen molar-refractivity contribution in [3.63, 3.8) is 0 Å².